The zero-order valence-corrected chi connectivity index (χ0v) is 15.6. The topological polar surface area (TPSA) is 49.6 Å². The Balaban J connectivity index is 0.00000176. The molecule has 1 aromatic heterocycles. The molecule has 0 atom stereocenters. The molecule has 0 aliphatic heterocycles. The standard InChI is InChI=1S/C21H20N4.CH3F/c1-5-18-10-12-19(13-11-18)15-16(3)24-17(4)25-21(22-6-2)20-9-7-8-14-23-20;1-2/h1,6-14,24H,3-4,15H2,2H3;1H3/b22-6?,25-21-;. The van der Waals surface area contributed by atoms with Crippen molar-refractivity contribution >= 4 is 12.1 Å². The molecule has 1 aromatic carbocycles. The summed E-state index contributed by atoms with van der Waals surface area (Å²) < 4.78 is 9.50. The van der Waals surface area contributed by atoms with Crippen molar-refractivity contribution in [2.75, 3.05) is 7.18 Å². The minimum absolute atomic E-state index is 0.455. The molecule has 1 heterocycles. The summed E-state index contributed by atoms with van der Waals surface area (Å²) in [5, 5.41) is 3.10. The van der Waals surface area contributed by atoms with Crippen LogP contribution in [0.4, 0.5) is 4.39 Å². The smallest absolute Gasteiger partial charge is 0.179 e. The highest BCUT2D eigenvalue weighted by molar-refractivity contribution is 6.01. The number of hydrogen-bond acceptors (Lipinski definition) is 3. The molecule has 138 valence electrons. The van der Waals surface area contributed by atoms with E-state index in [0.717, 1.165) is 16.8 Å². The Hall–Kier alpha value is -3.52. The van der Waals surface area contributed by atoms with Crippen molar-refractivity contribution in [3.63, 3.8) is 0 Å². The van der Waals surface area contributed by atoms with E-state index in [0.29, 0.717) is 30.9 Å². The number of allylic oxidation sites excluding steroid dienone is 1. The first-order valence-corrected chi connectivity index (χ1v) is 8.18. The average molecular weight is 362 g/mol. The lowest BCUT2D eigenvalue weighted by Crippen LogP contribution is -2.13. The van der Waals surface area contributed by atoms with Gasteiger partial charge in [-0.3, -0.25) is 9.37 Å². The maximum absolute atomic E-state index is 9.50. The maximum atomic E-state index is 9.50. The number of aliphatic imine (C=N–C) groups is 2. The minimum Gasteiger partial charge on any atom is -0.344 e. The van der Waals surface area contributed by atoms with E-state index in [1.165, 1.54) is 0 Å². The molecule has 0 unspecified atom stereocenters. The van der Waals surface area contributed by atoms with Crippen molar-refractivity contribution in [1.82, 2.24) is 10.3 Å². The summed E-state index contributed by atoms with van der Waals surface area (Å²) >= 11 is 0. The molecule has 0 aliphatic rings. The van der Waals surface area contributed by atoms with Crippen LogP contribution >= 0.6 is 0 Å². The van der Waals surface area contributed by atoms with Crippen LogP contribution in [0.15, 0.2) is 83.3 Å². The molecule has 2 aromatic rings. The van der Waals surface area contributed by atoms with Crippen LogP contribution in [0.3, 0.4) is 0 Å². The van der Waals surface area contributed by atoms with Crippen LogP contribution in [0.2, 0.25) is 0 Å². The molecule has 5 heteroatoms. The highest BCUT2D eigenvalue weighted by Gasteiger charge is 2.04. The summed E-state index contributed by atoms with van der Waals surface area (Å²) in [5.74, 6) is 3.55. The molecule has 0 fully saturated rings. The fourth-order valence-corrected chi connectivity index (χ4v) is 2.14. The number of halogens is 1. The normalized spacial score (nSPS) is 10.5. The quantitative estimate of drug-likeness (QED) is 0.473. The Bertz CT molecular complexity index is 844. The molecule has 0 saturated heterocycles. The molecule has 0 saturated carbocycles. The van der Waals surface area contributed by atoms with E-state index in [2.05, 4.69) is 39.4 Å². The lowest BCUT2D eigenvalue weighted by molar-refractivity contribution is 0.636. The maximum Gasteiger partial charge on any atom is 0.179 e. The van der Waals surface area contributed by atoms with Crippen molar-refractivity contribution in [2.45, 2.75) is 13.3 Å². The lowest BCUT2D eigenvalue weighted by Gasteiger charge is -2.10. The fraction of sp³-hybridized carbons (Fsp3) is 0.136. The monoisotopic (exact) mass is 362 g/mol. The highest BCUT2D eigenvalue weighted by Crippen LogP contribution is 2.09. The third-order valence-corrected chi connectivity index (χ3v) is 3.25. The van der Waals surface area contributed by atoms with Gasteiger partial charge < -0.3 is 5.32 Å². The molecule has 27 heavy (non-hydrogen) atoms. The SMILES string of the molecule is C#Cc1ccc(CC(=C)NC(=C)/N=C(\N=CC)c2ccccn2)cc1.CF. The predicted molar refractivity (Wildman–Crippen MR) is 111 cm³/mol. The molecular weight excluding hydrogens is 339 g/mol. The van der Waals surface area contributed by atoms with Crippen LogP contribution in [0.25, 0.3) is 0 Å². The summed E-state index contributed by atoms with van der Waals surface area (Å²) in [4.78, 5) is 12.9. The van der Waals surface area contributed by atoms with Gasteiger partial charge >= 0.3 is 0 Å². The van der Waals surface area contributed by atoms with Gasteiger partial charge in [0.1, 0.15) is 11.5 Å². The van der Waals surface area contributed by atoms with Gasteiger partial charge in [0.25, 0.3) is 0 Å². The van der Waals surface area contributed by atoms with Gasteiger partial charge in [0.05, 0.1) is 7.18 Å². The Morgan fingerprint density at radius 1 is 1.22 bits per heavy atom. The van der Waals surface area contributed by atoms with Gasteiger partial charge in [-0.05, 0) is 36.8 Å². The van der Waals surface area contributed by atoms with Crippen LogP contribution in [-0.2, 0) is 6.42 Å². The number of nitrogens with zero attached hydrogens (tertiary/aromatic N) is 3. The van der Waals surface area contributed by atoms with Crippen molar-refractivity contribution in [1.29, 1.82) is 0 Å². The Labute approximate surface area is 160 Å². The number of amidine groups is 1. The van der Waals surface area contributed by atoms with E-state index >= 15 is 0 Å². The molecule has 4 nitrogen and oxygen atoms in total. The van der Waals surface area contributed by atoms with Gasteiger partial charge in [0.15, 0.2) is 5.84 Å². The van der Waals surface area contributed by atoms with Crippen LogP contribution < -0.4 is 5.32 Å². The number of nitrogens with one attached hydrogen (secondary N) is 1. The third-order valence-electron chi connectivity index (χ3n) is 3.25. The second-order valence-corrected chi connectivity index (χ2v) is 5.23. The van der Waals surface area contributed by atoms with Crippen LogP contribution in [-0.4, -0.2) is 24.2 Å². The summed E-state index contributed by atoms with van der Waals surface area (Å²) in [6.45, 7) is 9.77. The van der Waals surface area contributed by atoms with Gasteiger partial charge in [-0.1, -0.05) is 37.3 Å². The second-order valence-electron chi connectivity index (χ2n) is 5.23. The van der Waals surface area contributed by atoms with Crippen LogP contribution in [0.5, 0.6) is 0 Å². The molecule has 0 spiro atoms. The molecule has 0 aliphatic carbocycles. The van der Waals surface area contributed by atoms with E-state index in [4.69, 9.17) is 6.42 Å². The van der Waals surface area contributed by atoms with Gasteiger partial charge in [0, 0.05) is 30.1 Å². The molecule has 0 radical (unpaired) electrons. The van der Waals surface area contributed by atoms with E-state index in [1.54, 1.807) is 12.4 Å². The first-order chi connectivity index (χ1) is 13.1. The minimum atomic E-state index is 0.455. The van der Waals surface area contributed by atoms with Gasteiger partial charge in [-0.25, -0.2) is 9.98 Å². The predicted octanol–water partition coefficient (Wildman–Crippen LogP) is 4.30. The summed E-state index contributed by atoms with van der Waals surface area (Å²) in [6, 6.07) is 13.4. The zero-order chi connectivity index (χ0) is 20.1. The van der Waals surface area contributed by atoms with E-state index < -0.39 is 0 Å². The van der Waals surface area contributed by atoms with Gasteiger partial charge in [0.2, 0.25) is 0 Å². The van der Waals surface area contributed by atoms with Gasteiger partial charge in [-0.15, -0.1) is 6.42 Å². The van der Waals surface area contributed by atoms with Gasteiger partial charge in [-0.2, -0.15) is 0 Å². The van der Waals surface area contributed by atoms with E-state index in [1.807, 2.05) is 49.4 Å². The molecule has 1 N–H and O–H groups in total. The summed E-state index contributed by atoms with van der Waals surface area (Å²) in [6.07, 6.45) is 9.38. The number of terminal acetylenes is 1. The number of pyridine rings is 1. The highest BCUT2D eigenvalue weighted by atomic mass is 19.1. The number of aromatic nitrogens is 1. The molecule has 0 bridgehead atoms. The van der Waals surface area contributed by atoms with Crippen LogP contribution in [0.1, 0.15) is 23.7 Å². The summed E-state index contributed by atoms with van der Waals surface area (Å²) in [7, 11) is 0.500. The number of benzene rings is 1. The molecule has 0 amide bonds. The van der Waals surface area contributed by atoms with Crippen LogP contribution in [0, 0.1) is 12.3 Å². The number of rotatable bonds is 6. The lowest BCUT2D eigenvalue weighted by atomic mass is 10.1. The Morgan fingerprint density at radius 3 is 2.48 bits per heavy atom. The number of alkyl halides is 1. The Kier molecular flexibility index (Phi) is 9.51. The number of hydrogen-bond donors (Lipinski definition) is 1. The Morgan fingerprint density at radius 2 is 1.93 bits per heavy atom. The van der Waals surface area contributed by atoms with Crippen molar-refractivity contribution in [3.05, 3.63) is 90.2 Å². The van der Waals surface area contributed by atoms with Crippen molar-refractivity contribution < 1.29 is 4.39 Å². The van der Waals surface area contributed by atoms with E-state index in [-0.39, 0.29) is 0 Å². The average Bonchev–Trinajstić information content (AvgIpc) is 2.70. The first-order valence-electron chi connectivity index (χ1n) is 8.18. The summed E-state index contributed by atoms with van der Waals surface area (Å²) in [5.41, 5.74) is 3.42. The second kappa shape index (κ2) is 11.9. The van der Waals surface area contributed by atoms with E-state index in [9.17, 15) is 4.39 Å². The first kappa shape index (κ1) is 21.5. The third kappa shape index (κ3) is 7.49. The van der Waals surface area contributed by atoms with Crippen molar-refractivity contribution in [3.8, 4) is 12.3 Å². The van der Waals surface area contributed by atoms with Crippen molar-refractivity contribution in [2.24, 2.45) is 9.98 Å². The molecular formula is C22H23FN4. The fourth-order valence-electron chi connectivity index (χ4n) is 2.14. The molecule has 2 rings (SSSR count). The zero-order valence-electron chi connectivity index (χ0n) is 15.6. The largest absolute Gasteiger partial charge is 0.344 e.